The Bertz CT molecular complexity index is 894. The number of amides is 2. The van der Waals surface area contributed by atoms with E-state index in [1.54, 1.807) is 24.5 Å². The van der Waals surface area contributed by atoms with Crippen LogP contribution in [0.3, 0.4) is 0 Å². The van der Waals surface area contributed by atoms with E-state index in [0.717, 1.165) is 16.9 Å². The molecule has 3 rings (SSSR count). The summed E-state index contributed by atoms with van der Waals surface area (Å²) in [6.45, 7) is 1.32. The van der Waals surface area contributed by atoms with Crippen LogP contribution in [-0.4, -0.2) is 23.3 Å². The molecule has 0 aliphatic rings. The first-order valence-electron chi connectivity index (χ1n) is 9.40. The minimum absolute atomic E-state index is 0.0610. The Morgan fingerprint density at radius 1 is 1.00 bits per heavy atom. The lowest BCUT2D eigenvalue weighted by Gasteiger charge is -2.08. The Kier molecular flexibility index (Phi) is 7.40. The van der Waals surface area contributed by atoms with Crippen LogP contribution in [-0.2, 0) is 17.9 Å². The number of rotatable bonds is 10. The van der Waals surface area contributed by atoms with E-state index in [1.165, 1.54) is 6.26 Å². The van der Waals surface area contributed by atoms with Crippen LogP contribution in [0.1, 0.15) is 34.5 Å². The quantitative estimate of drug-likeness (QED) is 0.516. The zero-order chi connectivity index (χ0) is 20.3. The van der Waals surface area contributed by atoms with Gasteiger partial charge in [0.05, 0.1) is 6.26 Å². The van der Waals surface area contributed by atoms with Crippen LogP contribution in [0, 0.1) is 0 Å². The summed E-state index contributed by atoms with van der Waals surface area (Å²) in [5, 5.41) is 5.59. The van der Waals surface area contributed by atoms with Crippen molar-refractivity contribution in [1.82, 2.24) is 15.6 Å². The fourth-order valence-corrected chi connectivity index (χ4v) is 2.59. The van der Waals surface area contributed by atoms with Gasteiger partial charge in [0.2, 0.25) is 5.91 Å². The first kappa shape index (κ1) is 20.1. The van der Waals surface area contributed by atoms with E-state index in [2.05, 4.69) is 15.6 Å². The summed E-state index contributed by atoms with van der Waals surface area (Å²) in [5.41, 5.74) is 1.99. The second kappa shape index (κ2) is 10.7. The molecular formula is C22H23N3O4. The molecule has 2 aromatic heterocycles. The predicted molar refractivity (Wildman–Crippen MR) is 107 cm³/mol. The van der Waals surface area contributed by atoms with E-state index in [-0.39, 0.29) is 17.6 Å². The average Bonchev–Trinajstić information content (AvgIpc) is 3.30. The molecule has 1 aromatic carbocycles. The number of nitrogens with one attached hydrogen (secondary N) is 2. The van der Waals surface area contributed by atoms with Crippen molar-refractivity contribution < 1.29 is 18.7 Å². The van der Waals surface area contributed by atoms with Gasteiger partial charge in [0.25, 0.3) is 5.91 Å². The maximum atomic E-state index is 11.9. The number of carbonyl (C=O) groups excluding carboxylic acids is 2. The van der Waals surface area contributed by atoms with Gasteiger partial charge in [-0.05, 0) is 42.3 Å². The van der Waals surface area contributed by atoms with Gasteiger partial charge < -0.3 is 19.8 Å². The molecular weight excluding hydrogens is 370 g/mol. The summed E-state index contributed by atoms with van der Waals surface area (Å²) < 4.78 is 10.7. The summed E-state index contributed by atoms with van der Waals surface area (Å²) >= 11 is 0. The van der Waals surface area contributed by atoms with Gasteiger partial charge >= 0.3 is 0 Å². The second-order valence-corrected chi connectivity index (χ2v) is 6.41. The van der Waals surface area contributed by atoms with Crippen LogP contribution < -0.4 is 15.4 Å². The maximum Gasteiger partial charge on any atom is 0.286 e. The first-order valence-corrected chi connectivity index (χ1v) is 9.40. The predicted octanol–water partition coefficient (Wildman–Crippen LogP) is 3.08. The molecule has 7 nitrogen and oxygen atoms in total. The standard InChI is InChI=1S/C22H23N3O4/c26-21(6-2-12-24-22(27)20-5-3-13-28-20)25-15-17-7-9-19(10-8-17)29-16-18-4-1-11-23-14-18/h1,3-5,7-11,13-14H,2,6,12,15-16H2,(H,24,27)(H,25,26). The zero-order valence-electron chi connectivity index (χ0n) is 16.0. The molecule has 0 unspecified atom stereocenters. The number of furan rings is 1. The van der Waals surface area contributed by atoms with E-state index >= 15 is 0 Å². The van der Waals surface area contributed by atoms with Crippen LogP contribution in [0.4, 0.5) is 0 Å². The van der Waals surface area contributed by atoms with Gasteiger partial charge in [0, 0.05) is 37.5 Å². The topological polar surface area (TPSA) is 93.5 Å². The van der Waals surface area contributed by atoms with Crippen LogP contribution >= 0.6 is 0 Å². The number of pyridine rings is 1. The van der Waals surface area contributed by atoms with Gasteiger partial charge in [-0.25, -0.2) is 0 Å². The molecule has 7 heteroatoms. The lowest BCUT2D eigenvalue weighted by molar-refractivity contribution is -0.121. The number of nitrogens with zero attached hydrogens (tertiary/aromatic N) is 1. The Hall–Kier alpha value is -3.61. The number of hydrogen-bond acceptors (Lipinski definition) is 5. The molecule has 29 heavy (non-hydrogen) atoms. The molecule has 2 N–H and O–H groups in total. The van der Waals surface area contributed by atoms with Gasteiger partial charge in [-0.1, -0.05) is 18.2 Å². The van der Waals surface area contributed by atoms with Crippen LogP contribution in [0.5, 0.6) is 5.75 Å². The molecule has 2 heterocycles. The zero-order valence-corrected chi connectivity index (χ0v) is 16.0. The summed E-state index contributed by atoms with van der Waals surface area (Å²) in [7, 11) is 0. The minimum Gasteiger partial charge on any atom is -0.489 e. The lowest BCUT2D eigenvalue weighted by Crippen LogP contribution is -2.27. The molecule has 0 aliphatic heterocycles. The summed E-state index contributed by atoms with van der Waals surface area (Å²) in [6, 6.07) is 14.7. The van der Waals surface area contributed by atoms with Crippen molar-refractivity contribution in [1.29, 1.82) is 0 Å². The van der Waals surface area contributed by atoms with E-state index in [0.29, 0.717) is 32.5 Å². The van der Waals surface area contributed by atoms with Crippen molar-refractivity contribution >= 4 is 11.8 Å². The highest BCUT2D eigenvalue weighted by molar-refractivity contribution is 5.91. The first-order chi connectivity index (χ1) is 14.2. The highest BCUT2D eigenvalue weighted by Gasteiger charge is 2.08. The van der Waals surface area contributed by atoms with E-state index in [4.69, 9.17) is 9.15 Å². The number of ether oxygens (including phenoxy) is 1. The van der Waals surface area contributed by atoms with Crippen LogP contribution in [0.25, 0.3) is 0 Å². The van der Waals surface area contributed by atoms with Crippen molar-refractivity contribution in [3.8, 4) is 5.75 Å². The van der Waals surface area contributed by atoms with Crippen molar-refractivity contribution in [2.24, 2.45) is 0 Å². The molecule has 0 atom stereocenters. The van der Waals surface area contributed by atoms with Gasteiger partial charge in [0.1, 0.15) is 12.4 Å². The molecule has 3 aromatic rings. The molecule has 150 valence electrons. The van der Waals surface area contributed by atoms with Crippen LogP contribution in [0.15, 0.2) is 71.6 Å². The Balaban J connectivity index is 1.31. The molecule has 0 bridgehead atoms. The maximum absolute atomic E-state index is 11.9. The number of carbonyl (C=O) groups is 2. The number of hydrogen-bond donors (Lipinski definition) is 2. The van der Waals surface area contributed by atoms with E-state index < -0.39 is 0 Å². The summed E-state index contributed by atoms with van der Waals surface area (Å²) in [5.74, 6) is 0.689. The van der Waals surface area contributed by atoms with Gasteiger partial charge in [-0.2, -0.15) is 0 Å². The largest absolute Gasteiger partial charge is 0.489 e. The summed E-state index contributed by atoms with van der Waals surface area (Å²) in [6.07, 6.45) is 5.84. The van der Waals surface area contributed by atoms with Crippen molar-refractivity contribution in [2.45, 2.75) is 26.0 Å². The number of aromatic nitrogens is 1. The summed E-state index contributed by atoms with van der Waals surface area (Å²) in [4.78, 5) is 27.7. The monoisotopic (exact) mass is 393 g/mol. The average molecular weight is 393 g/mol. The SMILES string of the molecule is O=C(CCCNC(=O)c1ccco1)NCc1ccc(OCc2cccnc2)cc1. The number of benzene rings is 1. The van der Waals surface area contributed by atoms with Gasteiger partial charge in [0.15, 0.2) is 5.76 Å². The van der Waals surface area contributed by atoms with Crippen molar-refractivity contribution in [2.75, 3.05) is 6.54 Å². The molecule has 0 saturated heterocycles. The van der Waals surface area contributed by atoms with Gasteiger partial charge in [-0.15, -0.1) is 0 Å². The Morgan fingerprint density at radius 2 is 1.86 bits per heavy atom. The Labute approximate surface area is 169 Å². The van der Waals surface area contributed by atoms with E-state index in [9.17, 15) is 9.59 Å². The normalized spacial score (nSPS) is 10.3. The fourth-order valence-electron chi connectivity index (χ4n) is 2.59. The fraction of sp³-hybridized carbons (Fsp3) is 0.227. The Morgan fingerprint density at radius 3 is 2.59 bits per heavy atom. The van der Waals surface area contributed by atoms with E-state index in [1.807, 2.05) is 36.4 Å². The highest BCUT2D eigenvalue weighted by atomic mass is 16.5. The lowest BCUT2D eigenvalue weighted by atomic mass is 10.2. The second-order valence-electron chi connectivity index (χ2n) is 6.41. The molecule has 0 spiro atoms. The van der Waals surface area contributed by atoms with Gasteiger partial charge in [-0.3, -0.25) is 14.6 Å². The van der Waals surface area contributed by atoms with Crippen molar-refractivity contribution in [3.63, 3.8) is 0 Å². The smallest absolute Gasteiger partial charge is 0.286 e. The molecule has 2 amide bonds. The third-order valence-electron chi connectivity index (χ3n) is 4.15. The molecule has 0 fully saturated rings. The third-order valence-corrected chi connectivity index (χ3v) is 4.15. The highest BCUT2D eigenvalue weighted by Crippen LogP contribution is 2.14. The molecule has 0 aliphatic carbocycles. The van der Waals surface area contributed by atoms with Crippen molar-refractivity contribution in [3.05, 3.63) is 84.1 Å². The molecule has 0 radical (unpaired) electrons. The van der Waals surface area contributed by atoms with Crippen LogP contribution in [0.2, 0.25) is 0 Å². The third kappa shape index (κ3) is 6.80. The minimum atomic E-state index is -0.277. The molecule has 0 saturated carbocycles.